The Morgan fingerprint density at radius 2 is 1.95 bits per heavy atom. The van der Waals surface area contributed by atoms with E-state index in [1.54, 1.807) is 42.3 Å². The Kier molecular flexibility index (Phi) is 10.6. The van der Waals surface area contributed by atoms with Crippen molar-refractivity contribution < 1.29 is 14.3 Å². The summed E-state index contributed by atoms with van der Waals surface area (Å²) in [6.07, 6.45) is 7.28. The van der Waals surface area contributed by atoms with Gasteiger partial charge in [-0.15, -0.1) is 0 Å². The number of carbonyl (C=O) groups is 2. The van der Waals surface area contributed by atoms with Gasteiger partial charge >= 0.3 is 0 Å². The first-order valence-corrected chi connectivity index (χ1v) is 12.9. The third-order valence-electron chi connectivity index (χ3n) is 6.20. The molecule has 9 nitrogen and oxygen atoms in total. The van der Waals surface area contributed by atoms with Gasteiger partial charge in [0.15, 0.2) is 0 Å². The zero-order chi connectivity index (χ0) is 27.7. The van der Waals surface area contributed by atoms with E-state index in [1.807, 2.05) is 13.0 Å². The summed E-state index contributed by atoms with van der Waals surface area (Å²) in [5.74, 6) is 0.507. The highest BCUT2D eigenvalue weighted by molar-refractivity contribution is 6.42. The van der Waals surface area contributed by atoms with Gasteiger partial charge in [0, 0.05) is 44.3 Å². The number of ether oxygens (including phenoxy) is 1. The molecule has 1 aromatic heterocycles. The van der Waals surface area contributed by atoms with Gasteiger partial charge < -0.3 is 31.0 Å². The third-order valence-corrected chi connectivity index (χ3v) is 6.94. The normalized spacial score (nSPS) is 14.9. The van der Waals surface area contributed by atoms with Crippen LogP contribution in [0, 0.1) is 5.41 Å². The molecule has 0 bridgehead atoms. The van der Waals surface area contributed by atoms with E-state index in [2.05, 4.69) is 20.9 Å². The molecule has 2 heterocycles. The second kappa shape index (κ2) is 13.8. The van der Waals surface area contributed by atoms with E-state index in [4.69, 9.17) is 33.3 Å². The van der Waals surface area contributed by atoms with E-state index in [0.717, 1.165) is 11.8 Å². The van der Waals surface area contributed by atoms with Crippen molar-refractivity contribution in [1.29, 1.82) is 5.41 Å². The molecular weight excluding hydrogens is 527 g/mol. The van der Waals surface area contributed by atoms with E-state index in [1.165, 1.54) is 13.3 Å². The van der Waals surface area contributed by atoms with Crippen LogP contribution in [0.25, 0.3) is 0 Å². The second-order valence-corrected chi connectivity index (χ2v) is 9.56. The standard InChI is InChI=1S/C27H32Cl2N6O3/c1-4-24(32-15-18-5-6-21(28)22(29)13-18)34-26(36)25(17(2)14-30)33-19-8-11-35(12-9-19)27(37)20-16-31-10-7-23(20)38-3/h4-7,10,13-14,16,19,30,32-33H,8-9,11-12,15H2,1-3H3,(H,34,36)/b24-4+,25-17-,30-14?. The molecule has 0 spiro atoms. The van der Waals surface area contributed by atoms with Gasteiger partial charge in [0.2, 0.25) is 0 Å². The SMILES string of the molecule is C/C=C(\NCc1ccc(Cl)c(Cl)c1)NC(=O)/C(NC1CCN(C(=O)c2cnccc2OC)CC1)=C(\C)C=N. The summed E-state index contributed by atoms with van der Waals surface area (Å²) in [5, 5.41) is 18.0. The van der Waals surface area contributed by atoms with Crippen LogP contribution in [0.2, 0.25) is 10.0 Å². The summed E-state index contributed by atoms with van der Waals surface area (Å²) in [7, 11) is 1.52. The number of halogens is 2. The van der Waals surface area contributed by atoms with Gasteiger partial charge in [0.25, 0.3) is 11.8 Å². The summed E-state index contributed by atoms with van der Waals surface area (Å²) >= 11 is 12.1. The molecule has 2 amide bonds. The Labute approximate surface area is 232 Å². The Balaban J connectivity index is 1.59. The minimum atomic E-state index is -0.362. The maximum atomic E-state index is 13.2. The molecule has 0 unspecified atom stereocenters. The largest absolute Gasteiger partial charge is 0.496 e. The molecule has 11 heteroatoms. The maximum absolute atomic E-state index is 13.2. The number of pyridine rings is 1. The lowest BCUT2D eigenvalue weighted by molar-refractivity contribution is -0.117. The average Bonchev–Trinajstić information content (AvgIpc) is 2.95. The van der Waals surface area contributed by atoms with Crippen LogP contribution in [0.4, 0.5) is 0 Å². The Morgan fingerprint density at radius 1 is 1.21 bits per heavy atom. The topological polar surface area (TPSA) is 119 Å². The number of carbonyl (C=O) groups excluding carboxylic acids is 2. The molecule has 0 aliphatic carbocycles. The van der Waals surface area contributed by atoms with E-state index < -0.39 is 0 Å². The molecule has 3 rings (SSSR count). The lowest BCUT2D eigenvalue weighted by Crippen LogP contribution is -2.47. The number of benzene rings is 1. The maximum Gasteiger partial charge on any atom is 0.273 e. The van der Waals surface area contributed by atoms with E-state index in [0.29, 0.717) is 70.9 Å². The van der Waals surface area contributed by atoms with Crippen molar-refractivity contribution in [3.63, 3.8) is 0 Å². The number of methoxy groups -OCH3 is 1. The molecule has 0 radical (unpaired) electrons. The van der Waals surface area contributed by atoms with Crippen LogP contribution in [-0.4, -0.2) is 54.2 Å². The lowest BCUT2D eigenvalue weighted by Gasteiger charge is -2.33. The first-order chi connectivity index (χ1) is 18.3. The zero-order valence-electron chi connectivity index (χ0n) is 21.6. The second-order valence-electron chi connectivity index (χ2n) is 8.75. The van der Waals surface area contributed by atoms with E-state index in [9.17, 15) is 9.59 Å². The molecule has 202 valence electrons. The zero-order valence-corrected chi connectivity index (χ0v) is 23.1. The molecule has 2 aromatic rings. The Hall–Kier alpha value is -3.56. The van der Waals surface area contributed by atoms with Crippen molar-refractivity contribution in [1.82, 2.24) is 25.8 Å². The highest BCUT2D eigenvalue weighted by Gasteiger charge is 2.27. The minimum absolute atomic E-state index is 0.0382. The summed E-state index contributed by atoms with van der Waals surface area (Å²) in [6.45, 7) is 4.97. The van der Waals surface area contributed by atoms with Gasteiger partial charge in [-0.05, 0) is 62.1 Å². The number of likely N-dealkylation sites (tertiary alicyclic amines) is 1. The van der Waals surface area contributed by atoms with Crippen LogP contribution < -0.4 is 20.7 Å². The molecular formula is C27H32Cl2N6O3. The number of amides is 2. The molecule has 4 N–H and O–H groups in total. The fraction of sp³-hybridized carbons (Fsp3) is 0.333. The van der Waals surface area contributed by atoms with Crippen LogP contribution in [-0.2, 0) is 11.3 Å². The van der Waals surface area contributed by atoms with Gasteiger partial charge in [-0.1, -0.05) is 29.3 Å². The van der Waals surface area contributed by atoms with Crippen LogP contribution in [0.1, 0.15) is 42.6 Å². The predicted molar refractivity (Wildman–Crippen MR) is 150 cm³/mol. The van der Waals surface area contributed by atoms with Crippen LogP contribution in [0.5, 0.6) is 5.75 Å². The average molecular weight is 559 g/mol. The van der Waals surface area contributed by atoms with Gasteiger partial charge in [-0.2, -0.15) is 0 Å². The lowest BCUT2D eigenvalue weighted by atomic mass is 10.0. The van der Waals surface area contributed by atoms with Crippen molar-refractivity contribution >= 4 is 41.2 Å². The number of nitrogens with zero attached hydrogens (tertiary/aromatic N) is 2. The highest BCUT2D eigenvalue weighted by Crippen LogP contribution is 2.23. The van der Waals surface area contributed by atoms with Gasteiger partial charge in [-0.3, -0.25) is 14.6 Å². The molecule has 0 saturated carbocycles. The van der Waals surface area contributed by atoms with Crippen molar-refractivity contribution in [2.24, 2.45) is 0 Å². The summed E-state index contributed by atoms with van der Waals surface area (Å²) in [5.41, 5.74) is 2.14. The molecule has 1 fully saturated rings. The predicted octanol–water partition coefficient (Wildman–Crippen LogP) is 4.28. The fourth-order valence-corrected chi connectivity index (χ4v) is 4.32. The number of hydrogen-bond acceptors (Lipinski definition) is 7. The van der Waals surface area contributed by atoms with Crippen molar-refractivity contribution in [2.45, 2.75) is 39.3 Å². The smallest absolute Gasteiger partial charge is 0.273 e. The number of rotatable bonds is 10. The van der Waals surface area contributed by atoms with Gasteiger partial charge in [-0.25, -0.2) is 0 Å². The Bertz CT molecular complexity index is 1240. The van der Waals surface area contributed by atoms with Crippen LogP contribution >= 0.6 is 23.2 Å². The van der Waals surface area contributed by atoms with E-state index in [-0.39, 0.29) is 17.9 Å². The van der Waals surface area contributed by atoms with Crippen molar-refractivity contribution in [2.75, 3.05) is 20.2 Å². The molecule has 1 aliphatic heterocycles. The summed E-state index contributed by atoms with van der Waals surface area (Å²) in [6, 6.07) is 6.96. The summed E-state index contributed by atoms with van der Waals surface area (Å²) < 4.78 is 5.30. The van der Waals surface area contributed by atoms with Crippen LogP contribution in [0.15, 0.2) is 59.8 Å². The molecule has 1 aromatic carbocycles. The third kappa shape index (κ3) is 7.49. The monoisotopic (exact) mass is 558 g/mol. The van der Waals surface area contributed by atoms with Gasteiger partial charge in [0.05, 0.1) is 22.7 Å². The Morgan fingerprint density at radius 3 is 2.58 bits per heavy atom. The quantitative estimate of drug-likeness (QED) is 0.255. The first kappa shape index (κ1) is 29.0. The number of allylic oxidation sites excluding steroid dienone is 2. The van der Waals surface area contributed by atoms with Crippen molar-refractivity contribution in [3.8, 4) is 5.75 Å². The van der Waals surface area contributed by atoms with Crippen LogP contribution in [0.3, 0.4) is 0 Å². The molecule has 38 heavy (non-hydrogen) atoms. The number of nitrogens with one attached hydrogen (secondary N) is 4. The highest BCUT2D eigenvalue weighted by atomic mass is 35.5. The minimum Gasteiger partial charge on any atom is -0.496 e. The summed E-state index contributed by atoms with van der Waals surface area (Å²) in [4.78, 5) is 32.0. The van der Waals surface area contributed by atoms with E-state index >= 15 is 0 Å². The number of piperidine rings is 1. The number of aromatic nitrogens is 1. The fourth-order valence-electron chi connectivity index (χ4n) is 4.00. The molecule has 0 atom stereocenters. The number of hydrogen-bond donors (Lipinski definition) is 4. The molecule has 1 aliphatic rings. The molecule has 1 saturated heterocycles. The van der Waals surface area contributed by atoms with Crippen molar-refractivity contribution in [3.05, 3.63) is 81.0 Å². The van der Waals surface area contributed by atoms with Gasteiger partial charge in [0.1, 0.15) is 17.3 Å². The first-order valence-electron chi connectivity index (χ1n) is 12.2.